The minimum atomic E-state index is -0.653. The number of imide groups is 1. The van der Waals surface area contributed by atoms with Gasteiger partial charge in [0.15, 0.2) is 0 Å². The Labute approximate surface area is 190 Å². The van der Waals surface area contributed by atoms with Crippen LogP contribution in [0, 0.1) is 5.92 Å². The van der Waals surface area contributed by atoms with E-state index in [2.05, 4.69) is 5.32 Å². The molecule has 3 amide bonds. The quantitative estimate of drug-likeness (QED) is 0.666. The number of morpholine rings is 1. The summed E-state index contributed by atoms with van der Waals surface area (Å²) in [6.45, 7) is 1.83. The molecule has 162 valence electrons. The Hall–Kier alpha value is -2.14. The van der Waals surface area contributed by atoms with E-state index < -0.39 is 17.1 Å². The largest absolute Gasteiger partial charge is 0.378 e. The summed E-state index contributed by atoms with van der Waals surface area (Å²) in [6, 6.07) is 7.08. The molecule has 3 aliphatic heterocycles. The number of nitrogens with one attached hydrogen (secondary N) is 1. The van der Waals surface area contributed by atoms with E-state index in [0.717, 1.165) is 16.9 Å². The van der Waals surface area contributed by atoms with Crippen LogP contribution in [-0.4, -0.2) is 58.7 Å². The number of thiazole rings is 1. The zero-order valence-corrected chi connectivity index (χ0v) is 18.6. The van der Waals surface area contributed by atoms with E-state index in [1.54, 1.807) is 17.0 Å². The van der Waals surface area contributed by atoms with Crippen molar-refractivity contribution < 1.29 is 19.1 Å². The fraction of sp³-hybridized carbons (Fsp3) is 0.400. The number of carbonyl (C=O) groups is 3. The van der Waals surface area contributed by atoms with Crippen LogP contribution in [0.4, 0.5) is 0 Å². The number of hydrogen-bond donors (Lipinski definition) is 1. The number of fused-ring (bicyclic) bond motifs is 2. The fourth-order valence-corrected chi connectivity index (χ4v) is 7.12. The maximum atomic E-state index is 12.9. The SMILES string of the molecule is O=C1NC(=O)C2C1Sc1c(sc(=O)n1CC(=O)N1CCOCC1)C2c1ccc(Cl)cc1. The number of ether oxygens (including phenoxy) is 1. The Bertz CT molecular complexity index is 1120. The number of amides is 3. The predicted molar refractivity (Wildman–Crippen MR) is 116 cm³/mol. The van der Waals surface area contributed by atoms with Gasteiger partial charge in [-0.15, -0.1) is 0 Å². The molecule has 0 aliphatic carbocycles. The number of hydrogen-bond acceptors (Lipinski definition) is 7. The first-order valence-electron chi connectivity index (χ1n) is 9.80. The van der Waals surface area contributed by atoms with Gasteiger partial charge in [-0.05, 0) is 17.7 Å². The lowest BCUT2D eigenvalue weighted by molar-refractivity contribution is -0.136. The molecule has 8 nitrogen and oxygen atoms in total. The minimum Gasteiger partial charge on any atom is -0.378 e. The molecule has 2 saturated heterocycles. The summed E-state index contributed by atoms with van der Waals surface area (Å²) >= 11 is 8.26. The number of aromatic nitrogens is 1. The lowest BCUT2D eigenvalue weighted by Crippen LogP contribution is -2.43. The van der Waals surface area contributed by atoms with E-state index in [9.17, 15) is 19.2 Å². The second-order valence-corrected chi connectivity index (χ2v) is 10.1. The maximum absolute atomic E-state index is 12.9. The molecule has 31 heavy (non-hydrogen) atoms. The third kappa shape index (κ3) is 3.61. The molecule has 3 atom stereocenters. The van der Waals surface area contributed by atoms with Gasteiger partial charge in [-0.3, -0.25) is 29.1 Å². The van der Waals surface area contributed by atoms with E-state index in [1.165, 1.54) is 16.3 Å². The van der Waals surface area contributed by atoms with Gasteiger partial charge in [-0.2, -0.15) is 0 Å². The van der Waals surface area contributed by atoms with Gasteiger partial charge in [0.1, 0.15) is 11.8 Å². The standard InChI is InChI=1S/C20H18ClN3O5S2/c21-11-3-1-10(2-4-11)13-14-15(18(27)22-17(14)26)30-19-16(13)31-20(28)24(19)9-12(25)23-5-7-29-8-6-23/h1-4,13-15H,5-9H2,(H,22,26,27). The molecular formula is C20H18ClN3O5S2. The highest BCUT2D eigenvalue weighted by Gasteiger charge is 2.52. The Morgan fingerprint density at radius 3 is 2.55 bits per heavy atom. The van der Waals surface area contributed by atoms with E-state index in [1.807, 2.05) is 12.1 Å². The molecular weight excluding hydrogens is 462 g/mol. The number of rotatable bonds is 3. The first-order valence-corrected chi connectivity index (χ1v) is 11.9. The van der Waals surface area contributed by atoms with Gasteiger partial charge in [0.2, 0.25) is 17.7 Å². The average Bonchev–Trinajstić information content (AvgIpc) is 3.23. The van der Waals surface area contributed by atoms with Crippen molar-refractivity contribution in [2.24, 2.45) is 5.92 Å². The van der Waals surface area contributed by atoms with E-state index in [0.29, 0.717) is 41.2 Å². The molecule has 1 aromatic heterocycles. The summed E-state index contributed by atoms with van der Waals surface area (Å²) in [4.78, 5) is 52.9. The van der Waals surface area contributed by atoms with Crippen LogP contribution in [0.1, 0.15) is 16.4 Å². The Kier molecular flexibility index (Phi) is 5.41. The summed E-state index contributed by atoms with van der Waals surface area (Å²) in [5.41, 5.74) is 0.804. The van der Waals surface area contributed by atoms with Crippen molar-refractivity contribution >= 4 is 52.4 Å². The highest BCUT2D eigenvalue weighted by Crippen LogP contribution is 2.51. The fourth-order valence-electron chi connectivity index (χ4n) is 4.25. The van der Waals surface area contributed by atoms with Crippen molar-refractivity contribution in [3.05, 3.63) is 49.4 Å². The molecule has 3 aliphatic rings. The summed E-state index contributed by atoms with van der Waals surface area (Å²) in [7, 11) is 0. The Balaban J connectivity index is 1.56. The molecule has 11 heteroatoms. The van der Waals surface area contributed by atoms with Gasteiger partial charge in [0, 0.05) is 28.9 Å². The van der Waals surface area contributed by atoms with E-state index >= 15 is 0 Å². The molecule has 4 heterocycles. The van der Waals surface area contributed by atoms with Gasteiger partial charge in [0.25, 0.3) is 0 Å². The first-order chi connectivity index (χ1) is 14.9. The maximum Gasteiger partial charge on any atom is 0.308 e. The molecule has 1 N–H and O–H groups in total. The van der Waals surface area contributed by atoms with Crippen molar-refractivity contribution in [2.75, 3.05) is 26.3 Å². The van der Waals surface area contributed by atoms with Crippen LogP contribution in [0.15, 0.2) is 34.1 Å². The lowest BCUT2D eigenvalue weighted by atomic mass is 9.83. The third-order valence-corrected chi connectivity index (χ3v) is 8.64. The monoisotopic (exact) mass is 479 g/mol. The van der Waals surface area contributed by atoms with Crippen LogP contribution in [0.3, 0.4) is 0 Å². The van der Waals surface area contributed by atoms with Gasteiger partial charge >= 0.3 is 4.87 Å². The summed E-state index contributed by atoms with van der Waals surface area (Å²) < 4.78 is 6.73. The zero-order valence-electron chi connectivity index (χ0n) is 16.2. The van der Waals surface area contributed by atoms with Crippen LogP contribution in [-0.2, 0) is 25.7 Å². The number of nitrogens with zero attached hydrogens (tertiary/aromatic N) is 2. The van der Waals surface area contributed by atoms with Crippen molar-refractivity contribution in [3.63, 3.8) is 0 Å². The predicted octanol–water partition coefficient (Wildman–Crippen LogP) is 1.30. The number of thioether (sulfide) groups is 1. The van der Waals surface area contributed by atoms with Gasteiger partial charge in [-0.25, -0.2) is 0 Å². The van der Waals surface area contributed by atoms with E-state index in [4.69, 9.17) is 16.3 Å². The summed E-state index contributed by atoms with van der Waals surface area (Å²) in [5, 5.41) is 2.91. The summed E-state index contributed by atoms with van der Waals surface area (Å²) in [6.07, 6.45) is 0. The molecule has 3 unspecified atom stereocenters. The van der Waals surface area contributed by atoms with Crippen LogP contribution >= 0.6 is 34.7 Å². The molecule has 0 spiro atoms. The van der Waals surface area contributed by atoms with E-state index in [-0.39, 0.29) is 29.1 Å². The molecule has 0 saturated carbocycles. The van der Waals surface area contributed by atoms with Gasteiger partial charge in [-0.1, -0.05) is 46.8 Å². The van der Waals surface area contributed by atoms with Crippen molar-refractivity contribution in [3.8, 4) is 0 Å². The number of halogens is 1. The normalized spacial score (nSPS) is 25.2. The van der Waals surface area contributed by atoms with Crippen LogP contribution in [0.5, 0.6) is 0 Å². The summed E-state index contributed by atoms with van der Waals surface area (Å²) in [5.74, 6) is -1.95. The molecule has 2 fully saturated rings. The molecule has 0 radical (unpaired) electrons. The lowest BCUT2D eigenvalue weighted by Gasteiger charge is -2.31. The third-order valence-electron chi connectivity index (χ3n) is 5.77. The minimum absolute atomic E-state index is 0.0992. The second-order valence-electron chi connectivity index (χ2n) is 7.56. The van der Waals surface area contributed by atoms with Crippen LogP contribution in [0.25, 0.3) is 0 Å². The van der Waals surface area contributed by atoms with Crippen LogP contribution in [0.2, 0.25) is 5.02 Å². The van der Waals surface area contributed by atoms with Crippen molar-refractivity contribution in [1.29, 1.82) is 0 Å². The van der Waals surface area contributed by atoms with Crippen molar-refractivity contribution in [2.45, 2.75) is 22.7 Å². The first kappa shape index (κ1) is 20.7. The Morgan fingerprint density at radius 2 is 1.84 bits per heavy atom. The molecule has 1 aromatic carbocycles. The topological polar surface area (TPSA) is 97.7 Å². The second kappa shape index (κ2) is 8.09. The van der Waals surface area contributed by atoms with Gasteiger partial charge in [0.05, 0.1) is 24.2 Å². The van der Waals surface area contributed by atoms with Crippen LogP contribution < -0.4 is 10.2 Å². The smallest absolute Gasteiger partial charge is 0.308 e. The number of carbonyl (C=O) groups excluding carboxylic acids is 3. The highest BCUT2D eigenvalue weighted by atomic mass is 35.5. The number of benzene rings is 1. The van der Waals surface area contributed by atoms with Crippen molar-refractivity contribution in [1.82, 2.24) is 14.8 Å². The Morgan fingerprint density at radius 1 is 1.13 bits per heavy atom. The molecule has 0 bridgehead atoms. The van der Waals surface area contributed by atoms with Gasteiger partial charge < -0.3 is 9.64 Å². The highest BCUT2D eigenvalue weighted by molar-refractivity contribution is 8.00. The average molecular weight is 480 g/mol. The molecule has 5 rings (SSSR count). The zero-order chi connectivity index (χ0) is 21.7. The molecule has 2 aromatic rings.